The fourth-order valence-electron chi connectivity index (χ4n) is 3.23. The maximum absolute atomic E-state index is 13.1. The maximum atomic E-state index is 13.1. The summed E-state index contributed by atoms with van der Waals surface area (Å²) in [7, 11) is -3.73. The van der Waals surface area contributed by atoms with Crippen molar-refractivity contribution in [2.45, 2.75) is 39.5 Å². The summed E-state index contributed by atoms with van der Waals surface area (Å²) in [6.45, 7) is 9.62. The number of fused-ring (bicyclic) bond motifs is 1. The molecule has 4 nitrogen and oxygen atoms in total. The van der Waals surface area contributed by atoms with Gasteiger partial charge in [-0.25, -0.2) is 13.4 Å². The highest BCUT2D eigenvalue weighted by atomic mass is 32.2. The summed E-state index contributed by atoms with van der Waals surface area (Å²) in [4.78, 5) is 4.59. The number of rotatable bonds is 3. The van der Waals surface area contributed by atoms with E-state index in [2.05, 4.69) is 9.71 Å². The number of aryl methyl sites for hydroxylation is 3. The Morgan fingerprint density at radius 1 is 0.880 bits per heavy atom. The molecule has 0 radical (unpaired) electrons. The van der Waals surface area contributed by atoms with E-state index >= 15 is 0 Å². The summed E-state index contributed by atoms with van der Waals surface area (Å²) < 4.78 is 28.8. The maximum Gasteiger partial charge on any atom is 0.263 e. The van der Waals surface area contributed by atoms with Crippen LogP contribution in [-0.4, -0.2) is 13.4 Å². The standard InChI is InChI=1S/C20H22N2O2S/c1-12-6-7-18-17(10-12)8-9-21-20(18)22-25(23,24)19-14(3)11-13(2)15(4)16(19)5/h6-11H,1-5H3,(H,21,22). The molecular weight excluding hydrogens is 332 g/mol. The van der Waals surface area contributed by atoms with E-state index in [0.717, 1.165) is 38.6 Å². The molecule has 3 rings (SSSR count). The number of pyridine rings is 1. The topological polar surface area (TPSA) is 59.1 Å². The Bertz CT molecular complexity index is 1090. The fraction of sp³-hybridized carbons (Fsp3) is 0.250. The average Bonchev–Trinajstić information content (AvgIpc) is 2.52. The SMILES string of the molecule is Cc1ccc2c(NS(=O)(=O)c3c(C)cc(C)c(C)c3C)nccc2c1. The largest absolute Gasteiger partial charge is 0.263 e. The number of hydrogen-bond acceptors (Lipinski definition) is 3. The number of nitrogens with zero attached hydrogens (tertiary/aromatic N) is 1. The second-order valence-electron chi connectivity index (χ2n) is 6.58. The van der Waals surface area contributed by atoms with Crippen LogP contribution in [0.25, 0.3) is 10.8 Å². The summed E-state index contributed by atoms with van der Waals surface area (Å²) in [5, 5.41) is 1.75. The molecule has 0 saturated heterocycles. The molecule has 0 amide bonds. The number of sulfonamides is 1. The van der Waals surface area contributed by atoms with Gasteiger partial charge < -0.3 is 0 Å². The monoisotopic (exact) mass is 354 g/mol. The van der Waals surface area contributed by atoms with Gasteiger partial charge in [-0.3, -0.25) is 4.72 Å². The van der Waals surface area contributed by atoms with Gasteiger partial charge in [-0.2, -0.15) is 0 Å². The van der Waals surface area contributed by atoms with Crippen LogP contribution in [0.15, 0.2) is 41.4 Å². The zero-order valence-electron chi connectivity index (χ0n) is 15.1. The molecular formula is C20H22N2O2S. The lowest BCUT2D eigenvalue weighted by Crippen LogP contribution is -2.17. The van der Waals surface area contributed by atoms with Gasteiger partial charge in [-0.1, -0.05) is 29.8 Å². The van der Waals surface area contributed by atoms with E-state index in [9.17, 15) is 8.42 Å². The van der Waals surface area contributed by atoms with Crippen LogP contribution in [0, 0.1) is 34.6 Å². The van der Waals surface area contributed by atoms with Gasteiger partial charge in [0.05, 0.1) is 4.90 Å². The molecule has 5 heteroatoms. The van der Waals surface area contributed by atoms with Crippen molar-refractivity contribution in [3.8, 4) is 0 Å². The first-order valence-corrected chi connectivity index (χ1v) is 9.64. The van der Waals surface area contributed by atoms with Crippen LogP contribution in [-0.2, 0) is 10.0 Å². The first kappa shape index (κ1) is 17.4. The summed E-state index contributed by atoms with van der Waals surface area (Å²) >= 11 is 0. The van der Waals surface area contributed by atoms with Crippen molar-refractivity contribution in [1.82, 2.24) is 4.98 Å². The summed E-state index contributed by atoms with van der Waals surface area (Å²) in [5.41, 5.74) is 4.72. The van der Waals surface area contributed by atoms with Gasteiger partial charge in [0.25, 0.3) is 10.0 Å². The van der Waals surface area contributed by atoms with Gasteiger partial charge in [0, 0.05) is 11.6 Å². The van der Waals surface area contributed by atoms with Crippen molar-refractivity contribution in [3.63, 3.8) is 0 Å². The van der Waals surface area contributed by atoms with Gasteiger partial charge in [0.1, 0.15) is 5.82 Å². The van der Waals surface area contributed by atoms with Crippen molar-refractivity contribution < 1.29 is 8.42 Å². The number of benzene rings is 2. The van der Waals surface area contributed by atoms with E-state index in [1.165, 1.54) is 0 Å². The van der Waals surface area contributed by atoms with Crippen LogP contribution >= 0.6 is 0 Å². The molecule has 0 spiro atoms. The van der Waals surface area contributed by atoms with Gasteiger partial charge in [-0.15, -0.1) is 0 Å². The number of hydrogen-bond donors (Lipinski definition) is 1. The van der Waals surface area contributed by atoms with Gasteiger partial charge in [-0.05, 0) is 68.3 Å². The van der Waals surface area contributed by atoms with Crippen LogP contribution in [0.2, 0.25) is 0 Å². The van der Waals surface area contributed by atoms with E-state index in [1.807, 2.05) is 65.0 Å². The Balaban J connectivity index is 2.14. The molecule has 1 N–H and O–H groups in total. The first-order valence-electron chi connectivity index (χ1n) is 8.16. The third-order valence-electron chi connectivity index (χ3n) is 4.71. The van der Waals surface area contributed by atoms with E-state index < -0.39 is 10.0 Å². The molecule has 0 fully saturated rings. The predicted molar refractivity (Wildman–Crippen MR) is 103 cm³/mol. The van der Waals surface area contributed by atoms with Crippen LogP contribution in [0.5, 0.6) is 0 Å². The third-order valence-corrected chi connectivity index (χ3v) is 6.33. The average molecular weight is 354 g/mol. The van der Waals surface area contributed by atoms with Crippen LogP contribution in [0.4, 0.5) is 5.82 Å². The molecule has 25 heavy (non-hydrogen) atoms. The summed E-state index contributed by atoms with van der Waals surface area (Å²) in [6.07, 6.45) is 1.62. The smallest absolute Gasteiger partial charge is 0.263 e. The highest BCUT2D eigenvalue weighted by molar-refractivity contribution is 7.92. The molecule has 0 saturated carbocycles. The van der Waals surface area contributed by atoms with Crippen molar-refractivity contribution >= 4 is 26.6 Å². The second kappa shape index (κ2) is 6.15. The second-order valence-corrected chi connectivity index (χ2v) is 8.20. The van der Waals surface area contributed by atoms with E-state index in [1.54, 1.807) is 6.20 Å². The van der Waals surface area contributed by atoms with Crippen molar-refractivity contribution in [2.24, 2.45) is 0 Å². The van der Waals surface area contributed by atoms with Crippen LogP contribution < -0.4 is 4.72 Å². The van der Waals surface area contributed by atoms with Gasteiger partial charge in [0.2, 0.25) is 0 Å². The molecule has 0 aliphatic heterocycles. The van der Waals surface area contributed by atoms with E-state index in [4.69, 9.17) is 0 Å². The minimum atomic E-state index is -3.73. The number of nitrogens with one attached hydrogen (secondary N) is 1. The Morgan fingerprint density at radius 3 is 2.32 bits per heavy atom. The molecule has 1 aromatic heterocycles. The summed E-state index contributed by atoms with van der Waals surface area (Å²) in [5.74, 6) is 0.356. The molecule has 0 bridgehead atoms. The van der Waals surface area contributed by atoms with Crippen molar-refractivity contribution in [1.29, 1.82) is 0 Å². The normalized spacial score (nSPS) is 11.7. The Hall–Kier alpha value is -2.40. The molecule has 130 valence electrons. The molecule has 0 aliphatic rings. The molecule has 1 heterocycles. The highest BCUT2D eigenvalue weighted by Gasteiger charge is 2.23. The predicted octanol–water partition coefficient (Wildman–Crippen LogP) is 4.58. The fourth-order valence-corrected chi connectivity index (χ4v) is 4.79. The first-order chi connectivity index (χ1) is 11.7. The quantitative estimate of drug-likeness (QED) is 0.749. The van der Waals surface area contributed by atoms with Crippen molar-refractivity contribution in [3.05, 3.63) is 64.3 Å². The van der Waals surface area contributed by atoms with Crippen LogP contribution in [0.3, 0.4) is 0 Å². The van der Waals surface area contributed by atoms with Crippen LogP contribution in [0.1, 0.15) is 27.8 Å². The molecule has 2 aromatic carbocycles. The molecule has 0 atom stereocenters. The minimum absolute atomic E-state index is 0.335. The molecule has 0 unspecified atom stereocenters. The number of aromatic nitrogens is 1. The van der Waals surface area contributed by atoms with Gasteiger partial charge in [0.15, 0.2) is 0 Å². The highest BCUT2D eigenvalue weighted by Crippen LogP contribution is 2.29. The Kier molecular flexibility index (Phi) is 4.29. The minimum Gasteiger partial charge on any atom is -0.263 e. The molecule has 0 aliphatic carbocycles. The van der Waals surface area contributed by atoms with E-state index in [-0.39, 0.29) is 0 Å². The third kappa shape index (κ3) is 3.12. The Morgan fingerprint density at radius 2 is 1.60 bits per heavy atom. The zero-order chi connectivity index (χ0) is 18.4. The number of anilines is 1. The Labute approximate surface area is 149 Å². The molecule has 3 aromatic rings. The lowest BCUT2D eigenvalue weighted by molar-refractivity contribution is 0.599. The lowest BCUT2D eigenvalue weighted by atomic mass is 10.0. The van der Waals surface area contributed by atoms with Crippen molar-refractivity contribution in [2.75, 3.05) is 4.72 Å². The van der Waals surface area contributed by atoms with Gasteiger partial charge >= 0.3 is 0 Å². The lowest BCUT2D eigenvalue weighted by Gasteiger charge is -2.17. The van der Waals surface area contributed by atoms with E-state index in [0.29, 0.717) is 10.7 Å². The summed E-state index contributed by atoms with van der Waals surface area (Å²) in [6, 6.07) is 9.66. The zero-order valence-corrected chi connectivity index (χ0v) is 16.0.